The van der Waals surface area contributed by atoms with E-state index in [1.54, 1.807) is 0 Å². The van der Waals surface area contributed by atoms with Gasteiger partial charge in [0.25, 0.3) is 0 Å². The highest BCUT2D eigenvalue weighted by molar-refractivity contribution is 14.1. The molecule has 0 saturated carbocycles. The second-order valence-corrected chi connectivity index (χ2v) is 4.72. The number of hydrogen-bond donors (Lipinski definition) is 0. The molecule has 0 aromatic carbocycles. The summed E-state index contributed by atoms with van der Waals surface area (Å²) in [5, 5.41) is 0. The molecule has 2 atom stereocenters. The van der Waals surface area contributed by atoms with Crippen LogP contribution in [0.4, 0.5) is 0 Å². The van der Waals surface area contributed by atoms with E-state index in [0.717, 1.165) is 12.1 Å². The summed E-state index contributed by atoms with van der Waals surface area (Å²) in [7, 11) is 0. The molecule has 2 unspecified atom stereocenters. The van der Waals surface area contributed by atoms with E-state index in [0.29, 0.717) is 0 Å². The Kier molecular flexibility index (Phi) is 2.92. The van der Waals surface area contributed by atoms with Gasteiger partial charge in [0, 0.05) is 25.2 Å². The first-order valence-electron chi connectivity index (χ1n) is 4.85. The Hall–Kier alpha value is 0.650. The second-order valence-electron chi connectivity index (χ2n) is 4.04. The van der Waals surface area contributed by atoms with Crippen molar-refractivity contribution in [3.8, 4) is 0 Å². The van der Waals surface area contributed by atoms with Gasteiger partial charge in [-0.2, -0.15) is 0 Å². The fourth-order valence-corrected chi connectivity index (χ4v) is 3.14. The van der Waals surface area contributed by atoms with Crippen molar-refractivity contribution in [2.24, 2.45) is 0 Å². The second kappa shape index (κ2) is 3.80. The lowest BCUT2D eigenvalue weighted by molar-refractivity contribution is 0.0729. The molecule has 0 bridgehead atoms. The fraction of sp³-hybridized carbons (Fsp3) is 1.00. The van der Waals surface area contributed by atoms with E-state index in [9.17, 15) is 0 Å². The Bertz CT molecular complexity index is 163. The van der Waals surface area contributed by atoms with Gasteiger partial charge in [-0.15, -0.1) is 0 Å². The number of hydrogen-bond acceptors (Lipinski definition) is 2. The molecule has 3 heteroatoms. The van der Waals surface area contributed by atoms with Gasteiger partial charge >= 0.3 is 0 Å². The quantitative estimate of drug-likeness (QED) is 0.408. The lowest BCUT2D eigenvalue weighted by Crippen LogP contribution is -2.54. The molecule has 2 aliphatic rings. The maximum absolute atomic E-state index is 2.70. The molecule has 2 saturated heterocycles. The van der Waals surface area contributed by atoms with Gasteiger partial charge in [-0.05, 0) is 26.3 Å². The average Bonchev–Trinajstić information content (AvgIpc) is 2.52. The molecular formula is C9H17IN2. The Morgan fingerprint density at radius 1 is 1.42 bits per heavy atom. The van der Waals surface area contributed by atoms with Gasteiger partial charge in [0.1, 0.15) is 0 Å². The lowest BCUT2D eigenvalue weighted by Gasteiger charge is -2.41. The Morgan fingerprint density at radius 2 is 2.25 bits per heavy atom. The zero-order valence-electron chi connectivity index (χ0n) is 7.67. The highest BCUT2D eigenvalue weighted by atomic mass is 127. The normalized spacial score (nSPS) is 38.5. The van der Waals surface area contributed by atoms with Gasteiger partial charge in [0.05, 0.1) is 4.55 Å². The predicted octanol–water partition coefficient (Wildman–Crippen LogP) is 1.55. The van der Waals surface area contributed by atoms with Gasteiger partial charge in [-0.1, -0.05) is 22.6 Å². The molecule has 12 heavy (non-hydrogen) atoms. The molecular weight excluding hydrogens is 263 g/mol. The minimum atomic E-state index is 0.793. The monoisotopic (exact) mass is 280 g/mol. The van der Waals surface area contributed by atoms with Crippen LogP contribution in [-0.2, 0) is 0 Å². The topological polar surface area (TPSA) is 6.48 Å². The van der Waals surface area contributed by atoms with E-state index in [4.69, 9.17) is 0 Å². The molecule has 0 spiro atoms. The highest BCUT2D eigenvalue weighted by Crippen LogP contribution is 2.25. The number of nitrogens with zero attached hydrogens (tertiary/aromatic N) is 2. The summed E-state index contributed by atoms with van der Waals surface area (Å²) in [6.07, 6.45) is 2.85. The van der Waals surface area contributed by atoms with Crippen LogP contribution >= 0.6 is 22.6 Å². The first-order chi connectivity index (χ1) is 5.81. The summed E-state index contributed by atoms with van der Waals surface area (Å²) >= 11 is 2.48. The zero-order chi connectivity index (χ0) is 8.55. The number of rotatable bonds is 1. The molecule has 0 radical (unpaired) electrons. The van der Waals surface area contributed by atoms with Crippen LogP contribution in [0.15, 0.2) is 0 Å². The molecule has 0 aliphatic carbocycles. The SMILES string of the molecule is CC1CN(CI)CC2CCCN12. The zero-order valence-corrected chi connectivity index (χ0v) is 9.83. The van der Waals surface area contributed by atoms with E-state index in [1.165, 1.54) is 37.0 Å². The number of piperazine rings is 1. The van der Waals surface area contributed by atoms with Crippen molar-refractivity contribution in [2.75, 3.05) is 24.2 Å². The van der Waals surface area contributed by atoms with Crippen molar-refractivity contribution in [1.29, 1.82) is 0 Å². The number of halogens is 1. The summed E-state index contributed by atoms with van der Waals surface area (Å²) in [5.74, 6) is 0. The maximum Gasteiger partial charge on any atom is 0.0506 e. The third kappa shape index (κ3) is 1.63. The average molecular weight is 280 g/mol. The van der Waals surface area contributed by atoms with Crippen molar-refractivity contribution in [3.63, 3.8) is 0 Å². The standard InChI is InChI=1S/C9H17IN2/c1-8-5-11(7-10)6-9-3-2-4-12(8)9/h8-9H,2-7H2,1H3. The van der Waals surface area contributed by atoms with Gasteiger partial charge in [-0.25, -0.2) is 0 Å². The fourth-order valence-electron chi connectivity index (χ4n) is 2.58. The highest BCUT2D eigenvalue weighted by Gasteiger charge is 2.34. The van der Waals surface area contributed by atoms with Gasteiger partial charge < -0.3 is 0 Å². The van der Waals surface area contributed by atoms with Crippen LogP contribution in [0.25, 0.3) is 0 Å². The molecule has 2 heterocycles. The maximum atomic E-state index is 2.70. The molecule has 2 rings (SSSR count). The first-order valence-corrected chi connectivity index (χ1v) is 6.38. The number of fused-ring (bicyclic) bond motifs is 1. The molecule has 0 aromatic rings. The third-order valence-electron chi connectivity index (χ3n) is 3.15. The first kappa shape index (κ1) is 9.21. The van der Waals surface area contributed by atoms with E-state index in [1.807, 2.05) is 0 Å². The summed E-state index contributed by atoms with van der Waals surface area (Å²) < 4.78 is 1.20. The van der Waals surface area contributed by atoms with Crippen molar-refractivity contribution in [2.45, 2.75) is 31.8 Å². The van der Waals surface area contributed by atoms with Crippen LogP contribution < -0.4 is 0 Å². The summed E-state index contributed by atoms with van der Waals surface area (Å²) in [6.45, 7) is 6.31. The Balaban J connectivity index is 2.00. The molecule has 2 nitrogen and oxygen atoms in total. The van der Waals surface area contributed by atoms with Crippen molar-refractivity contribution in [1.82, 2.24) is 9.80 Å². The third-order valence-corrected chi connectivity index (χ3v) is 4.11. The summed E-state index contributed by atoms with van der Waals surface area (Å²) in [5.41, 5.74) is 0. The van der Waals surface area contributed by atoms with Crippen molar-refractivity contribution >= 4 is 22.6 Å². The van der Waals surface area contributed by atoms with Crippen LogP contribution in [-0.4, -0.2) is 46.1 Å². The minimum Gasteiger partial charge on any atom is -0.295 e. The van der Waals surface area contributed by atoms with Gasteiger partial charge in [-0.3, -0.25) is 9.80 Å². The lowest BCUT2D eigenvalue weighted by atomic mass is 10.1. The summed E-state index contributed by atoms with van der Waals surface area (Å²) in [4.78, 5) is 5.28. The largest absolute Gasteiger partial charge is 0.295 e. The molecule has 0 aromatic heterocycles. The predicted molar refractivity (Wildman–Crippen MR) is 59.7 cm³/mol. The molecule has 2 fully saturated rings. The van der Waals surface area contributed by atoms with Crippen molar-refractivity contribution in [3.05, 3.63) is 0 Å². The minimum absolute atomic E-state index is 0.793. The molecule has 70 valence electrons. The van der Waals surface area contributed by atoms with Crippen LogP contribution in [0.2, 0.25) is 0 Å². The van der Waals surface area contributed by atoms with Gasteiger partial charge in [0.15, 0.2) is 0 Å². The van der Waals surface area contributed by atoms with E-state index in [2.05, 4.69) is 39.3 Å². The number of alkyl halides is 1. The van der Waals surface area contributed by atoms with Crippen LogP contribution in [0, 0.1) is 0 Å². The Labute approximate surface area is 88.4 Å². The Morgan fingerprint density at radius 3 is 3.00 bits per heavy atom. The molecule has 0 amide bonds. The van der Waals surface area contributed by atoms with E-state index in [-0.39, 0.29) is 0 Å². The van der Waals surface area contributed by atoms with Crippen LogP contribution in [0.3, 0.4) is 0 Å². The summed E-state index contributed by atoms with van der Waals surface area (Å²) in [6, 6.07) is 1.67. The van der Waals surface area contributed by atoms with E-state index < -0.39 is 0 Å². The van der Waals surface area contributed by atoms with Crippen LogP contribution in [0.5, 0.6) is 0 Å². The smallest absolute Gasteiger partial charge is 0.0506 e. The van der Waals surface area contributed by atoms with Crippen LogP contribution in [0.1, 0.15) is 19.8 Å². The molecule has 2 aliphatic heterocycles. The van der Waals surface area contributed by atoms with E-state index >= 15 is 0 Å². The van der Waals surface area contributed by atoms with Gasteiger partial charge in [0.2, 0.25) is 0 Å². The molecule has 0 N–H and O–H groups in total. The van der Waals surface area contributed by atoms with Crippen molar-refractivity contribution < 1.29 is 0 Å².